The number of morpholine rings is 1. The highest BCUT2D eigenvalue weighted by atomic mass is 16.5. The van der Waals surface area contributed by atoms with Crippen molar-refractivity contribution in [3.05, 3.63) is 0 Å². The maximum absolute atomic E-state index is 11.8. The van der Waals surface area contributed by atoms with Crippen LogP contribution in [-0.4, -0.2) is 68.1 Å². The van der Waals surface area contributed by atoms with Gasteiger partial charge in [-0.1, -0.05) is 0 Å². The Morgan fingerprint density at radius 3 is 2.95 bits per heavy atom. The van der Waals surface area contributed by atoms with Crippen LogP contribution in [0.15, 0.2) is 0 Å². The van der Waals surface area contributed by atoms with Crippen molar-refractivity contribution < 1.29 is 24.2 Å². The SMILES string of the molecule is COCCCCNC(=O)N1CCOC(CC(=O)O)C1. The van der Waals surface area contributed by atoms with Crippen molar-refractivity contribution in [3.63, 3.8) is 0 Å². The lowest BCUT2D eigenvalue weighted by Gasteiger charge is -2.32. The molecule has 1 aliphatic heterocycles. The summed E-state index contributed by atoms with van der Waals surface area (Å²) in [7, 11) is 1.65. The summed E-state index contributed by atoms with van der Waals surface area (Å²) < 4.78 is 10.2. The monoisotopic (exact) mass is 274 g/mol. The molecular formula is C12H22N2O5. The lowest BCUT2D eigenvalue weighted by Crippen LogP contribution is -2.50. The zero-order valence-electron chi connectivity index (χ0n) is 11.3. The molecule has 110 valence electrons. The van der Waals surface area contributed by atoms with Crippen LogP contribution in [0.2, 0.25) is 0 Å². The van der Waals surface area contributed by atoms with E-state index in [9.17, 15) is 9.59 Å². The Morgan fingerprint density at radius 1 is 1.47 bits per heavy atom. The number of carboxylic acid groups (broad SMARTS) is 1. The molecule has 1 fully saturated rings. The molecule has 1 aliphatic rings. The lowest BCUT2D eigenvalue weighted by atomic mass is 10.2. The molecule has 0 radical (unpaired) electrons. The van der Waals surface area contributed by atoms with Gasteiger partial charge in [-0.3, -0.25) is 4.79 Å². The number of ether oxygens (including phenoxy) is 2. The fourth-order valence-corrected chi connectivity index (χ4v) is 1.90. The van der Waals surface area contributed by atoms with Crippen LogP contribution in [0.1, 0.15) is 19.3 Å². The number of amides is 2. The molecule has 7 heteroatoms. The van der Waals surface area contributed by atoms with Gasteiger partial charge in [0.2, 0.25) is 0 Å². The van der Waals surface area contributed by atoms with E-state index >= 15 is 0 Å². The molecule has 2 N–H and O–H groups in total. The van der Waals surface area contributed by atoms with Crippen LogP contribution < -0.4 is 5.32 Å². The molecule has 0 aromatic rings. The third-order valence-corrected chi connectivity index (χ3v) is 2.88. The molecule has 0 aromatic carbocycles. The first-order chi connectivity index (χ1) is 9.13. The molecule has 1 rings (SSSR count). The number of rotatable bonds is 7. The molecule has 0 saturated carbocycles. The molecule has 1 unspecified atom stereocenters. The van der Waals surface area contributed by atoms with E-state index in [1.807, 2.05) is 0 Å². The maximum atomic E-state index is 11.8. The second-order valence-electron chi connectivity index (χ2n) is 4.47. The van der Waals surface area contributed by atoms with Gasteiger partial charge in [0, 0.05) is 33.4 Å². The van der Waals surface area contributed by atoms with Gasteiger partial charge in [-0.2, -0.15) is 0 Å². The third kappa shape index (κ3) is 6.40. The first-order valence-corrected chi connectivity index (χ1v) is 6.48. The highest BCUT2D eigenvalue weighted by Gasteiger charge is 2.25. The smallest absolute Gasteiger partial charge is 0.317 e. The fraction of sp³-hybridized carbons (Fsp3) is 0.833. The highest BCUT2D eigenvalue weighted by molar-refractivity contribution is 5.74. The number of unbranched alkanes of at least 4 members (excludes halogenated alkanes) is 1. The summed E-state index contributed by atoms with van der Waals surface area (Å²) in [5.41, 5.74) is 0. The fourth-order valence-electron chi connectivity index (χ4n) is 1.90. The van der Waals surface area contributed by atoms with E-state index in [-0.39, 0.29) is 12.5 Å². The van der Waals surface area contributed by atoms with Crippen molar-refractivity contribution in [1.29, 1.82) is 0 Å². The second kappa shape index (κ2) is 8.71. The number of carboxylic acids is 1. The van der Waals surface area contributed by atoms with E-state index in [0.29, 0.717) is 32.8 Å². The van der Waals surface area contributed by atoms with Gasteiger partial charge in [0.15, 0.2) is 0 Å². The predicted octanol–water partition coefficient (Wildman–Crippen LogP) is 0.298. The van der Waals surface area contributed by atoms with Crippen LogP contribution in [0.3, 0.4) is 0 Å². The van der Waals surface area contributed by atoms with Crippen LogP contribution in [-0.2, 0) is 14.3 Å². The van der Waals surface area contributed by atoms with Crippen molar-refractivity contribution in [2.45, 2.75) is 25.4 Å². The van der Waals surface area contributed by atoms with Gasteiger partial charge in [-0.15, -0.1) is 0 Å². The van der Waals surface area contributed by atoms with Gasteiger partial charge in [0.25, 0.3) is 0 Å². The van der Waals surface area contributed by atoms with Gasteiger partial charge >= 0.3 is 12.0 Å². The van der Waals surface area contributed by atoms with E-state index in [4.69, 9.17) is 14.6 Å². The number of urea groups is 1. The van der Waals surface area contributed by atoms with E-state index in [1.54, 1.807) is 12.0 Å². The number of hydrogen-bond acceptors (Lipinski definition) is 4. The Hall–Kier alpha value is -1.34. The average molecular weight is 274 g/mol. The van der Waals surface area contributed by atoms with Crippen molar-refractivity contribution in [2.75, 3.05) is 40.0 Å². The van der Waals surface area contributed by atoms with Gasteiger partial charge in [0.05, 0.1) is 19.1 Å². The maximum Gasteiger partial charge on any atom is 0.317 e. The Labute approximate surface area is 112 Å². The minimum Gasteiger partial charge on any atom is -0.481 e. The number of nitrogens with one attached hydrogen (secondary N) is 1. The first kappa shape index (κ1) is 15.7. The normalized spacial score (nSPS) is 19.2. The molecule has 0 spiro atoms. The Balaban J connectivity index is 2.22. The quantitative estimate of drug-likeness (QED) is 0.652. The Kier molecular flexibility index (Phi) is 7.20. The van der Waals surface area contributed by atoms with E-state index in [2.05, 4.69) is 5.32 Å². The van der Waals surface area contributed by atoms with Crippen LogP contribution in [0.25, 0.3) is 0 Å². The molecule has 7 nitrogen and oxygen atoms in total. The molecule has 0 aromatic heterocycles. The zero-order chi connectivity index (χ0) is 14.1. The topological polar surface area (TPSA) is 88.1 Å². The number of carbonyl (C=O) groups is 2. The van der Waals surface area contributed by atoms with Gasteiger partial charge in [0.1, 0.15) is 0 Å². The van der Waals surface area contributed by atoms with Crippen molar-refractivity contribution in [3.8, 4) is 0 Å². The summed E-state index contributed by atoms with van der Waals surface area (Å²) in [6.07, 6.45) is 1.28. The standard InChI is InChI=1S/C12H22N2O5/c1-18-6-3-2-4-13-12(17)14-5-7-19-10(9-14)8-11(15)16/h10H,2-9H2,1H3,(H,13,17)(H,15,16). The third-order valence-electron chi connectivity index (χ3n) is 2.88. The van der Waals surface area contributed by atoms with E-state index in [0.717, 1.165) is 12.8 Å². The Morgan fingerprint density at radius 2 is 2.26 bits per heavy atom. The van der Waals surface area contributed by atoms with Gasteiger partial charge in [-0.05, 0) is 12.8 Å². The highest BCUT2D eigenvalue weighted by Crippen LogP contribution is 2.08. The number of hydrogen-bond donors (Lipinski definition) is 2. The van der Waals surface area contributed by atoms with Crippen molar-refractivity contribution in [2.24, 2.45) is 0 Å². The molecule has 19 heavy (non-hydrogen) atoms. The van der Waals surface area contributed by atoms with Crippen LogP contribution in [0.5, 0.6) is 0 Å². The molecule has 1 atom stereocenters. The number of carbonyl (C=O) groups excluding carboxylic acids is 1. The van der Waals surface area contributed by atoms with Crippen LogP contribution >= 0.6 is 0 Å². The van der Waals surface area contributed by atoms with Crippen LogP contribution in [0, 0.1) is 0 Å². The number of aliphatic carboxylic acids is 1. The summed E-state index contributed by atoms with van der Waals surface area (Å²) in [6.45, 7) is 2.50. The van der Waals surface area contributed by atoms with Gasteiger partial charge < -0.3 is 24.8 Å². The average Bonchev–Trinajstić information content (AvgIpc) is 2.38. The second-order valence-corrected chi connectivity index (χ2v) is 4.47. The van der Waals surface area contributed by atoms with Gasteiger partial charge in [-0.25, -0.2) is 4.79 Å². The van der Waals surface area contributed by atoms with Crippen molar-refractivity contribution >= 4 is 12.0 Å². The summed E-state index contributed by atoms with van der Waals surface area (Å²) in [5.74, 6) is -0.910. The first-order valence-electron chi connectivity index (χ1n) is 6.48. The Bertz CT molecular complexity index is 298. The zero-order valence-corrected chi connectivity index (χ0v) is 11.3. The summed E-state index contributed by atoms with van der Waals surface area (Å²) in [5, 5.41) is 11.5. The van der Waals surface area contributed by atoms with E-state index < -0.39 is 12.1 Å². The summed E-state index contributed by atoms with van der Waals surface area (Å²) in [6, 6.07) is -0.156. The molecule has 1 heterocycles. The number of nitrogens with zero attached hydrogens (tertiary/aromatic N) is 1. The molecule has 2 amide bonds. The number of methoxy groups -OCH3 is 1. The van der Waals surface area contributed by atoms with E-state index in [1.165, 1.54) is 0 Å². The molecule has 0 bridgehead atoms. The molecular weight excluding hydrogens is 252 g/mol. The summed E-state index contributed by atoms with van der Waals surface area (Å²) >= 11 is 0. The predicted molar refractivity (Wildman–Crippen MR) is 68.1 cm³/mol. The lowest BCUT2D eigenvalue weighted by molar-refractivity contribution is -0.141. The summed E-state index contributed by atoms with van der Waals surface area (Å²) in [4.78, 5) is 24.1. The van der Waals surface area contributed by atoms with Crippen LogP contribution in [0.4, 0.5) is 4.79 Å². The molecule has 0 aliphatic carbocycles. The molecule has 1 saturated heterocycles. The largest absolute Gasteiger partial charge is 0.481 e. The minimum atomic E-state index is -0.910. The van der Waals surface area contributed by atoms with Crippen molar-refractivity contribution in [1.82, 2.24) is 10.2 Å². The minimum absolute atomic E-state index is 0.0718.